The molecule has 1 amide bonds. The number of aromatic nitrogens is 4. The number of benzene rings is 1. The van der Waals surface area contributed by atoms with E-state index in [4.69, 9.17) is 4.74 Å². The summed E-state index contributed by atoms with van der Waals surface area (Å²) in [6, 6.07) is 5.56. The second kappa shape index (κ2) is 5.26. The predicted octanol–water partition coefficient (Wildman–Crippen LogP) is 0.698. The molecule has 7 heteroatoms. The van der Waals surface area contributed by atoms with Gasteiger partial charge in [-0.05, 0) is 24.6 Å². The molecule has 0 radical (unpaired) electrons. The van der Waals surface area contributed by atoms with Crippen LogP contribution in [-0.2, 0) is 11.2 Å². The van der Waals surface area contributed by atoms with Crippen LogP contribution in [0, 0.1) is 6.92 Å². The first-order valence-electron chi connectivity index (χ1n) is 5.36. The first-order chi connectivity index (χ1) is 8.69. The highest BCUT2D eigenvalue weighted by atomic mass is 16.5. The van der Waals surface area contributed by atoms with Gasteiger partial charge >= 0.3 is 0 Å². The van der Waals surface area contributed by atoms with E-state index in [0.717, 1.165) is 5.56 Å². The number of aromatic amines is 1. The average Bonchev–Trinajstić information content (AvgIpc) is 2.82. The van der Waals surface area contributed by atoms with Gasteiger partial charge in [-0.2, -0.15) is 5.21 Å². The third-order valence-corrected chi connectivity index (χ3v) is 2.34. The second-order valence-electron chi connectivity index (χ2n) is 3.76. The van der Waals surface area contributed by atoms with Gasteiger partial charge in [-0.1, -0.05) is 11.3 Å². The van der Waals surface area contributed by atoms with Gasteiger partial charge in [0, 0.05) is 0 Å². The monoisotopic (exact) mass is 247 g/mol. The zero-order valence-electron chi connectivity index (χ0n) is 10.1. The second-order valence-corrected chi connectivity index (χ2v) is 3.76. The Bertz CT molecular complexity index is 538. The lowest BCUT2D eigenvalue weighted by atomic mass is 10.2. The molecule has 18 heavy (non-hydrogen) atoms. The van der Waals surface area contributed by atoms with E-state index in [-0.39, 0.29) is 12.3 Å². The summed E-state index contributed by atoms with van der Waals surface area (Å²) in [5.74, 6) is 0.737. The zero-order valence-corrected chi connectivity index (χ0v) is 10.1. The Kier molecular flexibility index (Phi) is 3.52. The number of anilines is 1. The number of tetrazole rings is 1. The molecule has 0 aliphatic carbocycles. The summed E-state index contributed by atoms with van der Waals surface area (Å²) in [5.41, 5.74) is 1.66. The summed E-state index contributed by atoms with van der Waals surface area (Å²) < 4.78 is 5.17. The first-order valence-corrected chi connectivity index (χ1v) is 5.36. The fourth-order valence-corrected chi connectivity index (χ4v) is 1.51. The zero-order chi connectivity index (χ0) is 13.0. The maximum absolute atomic E-state index is 11.8. The van der Waals surface area contributed by atoms with Gasteiger partial charge in [-0.25, -0.2) is 0 Å². The van der Waals surface area contributed by atoms with Crippen molar-refractivity contribution in [3.63, 3.8) is 0 Å². The van der Waals surface area contributed by atoms with Gasteiger partial charge in [0.1, 0.15) is 5.75 Å². The van der Waals surface area contributed by atoms with Crippen molar-refractivity contribution in [1.29, 1.82) is 0 Å². The lowest BCUT2D eigenvalue weighted by Gasteiger charge is -2.10. The maximum Gasteiger partial charge on any atom is 0.232 e. The van der Waals surface area contributed by atoms with E-state index in [1.54, 1.807) is 13.2 Å². The van der Waals surface area contributed by atoms with Crippen LogP contribution in [-0.4, -0.2) is 33.6 Å². The number of ether oxygens (including phenoxy) is 1. The minimum Gasteiger partial charge on any atom is -0.495 e. The van der Waals surface area contributed by atoms with Crippen molar-refractivity contribution in [2.45, 2.75) is 13.3 Å². The molecule has 0 saturated carbocycles. The van der Waals surface area contributed by atoms with E-state index in [9.17, 15) is 4.79 Å². The largest absolute Gasteiger partial charge is 0.495 e. The van der Waals surface area contributed by atoms with Crippen molar-refractivity contribution in [3.05, 3.63) is 29.6 Å². The molecule has 1 aromatic heterocycles. The van der Waals surface area contributed by atoms with E-state index >= 15 is 0 Å². The summed E-state index contributed by atoms with van der Waals surface area (Å²) >= 11 is 0. The van der Waals surface area contributed by atoms with Crippen molar-refractivity contribution in [1.82, 2.24) is 20.6 Å². The quantitative estimate of drug-likeness (QED) is 0.829. The molecule has 0 aliphatic heterocycles. The van der Waals surface area contributed by atoms with Crippen molar-refractivity contribution in [3.8, 4) is 5.75 Å². The summed E-state index contributed by atoms with van der Waals surface area (Å²) in [6.45, 7) is 1.94. The minimum atomic E-state index is -0.222. The Morgan fingerprint density at radius 2 is 2.33 bits per heavy atom. The SMILES string of the molecule is COc1ccc(C)cc1NC(=O)Cc1nn[nH]n1. The van der Waals surface area contributed by atoms with Crippen molar-refractivity contribution >= 4 is 11.6 Å². The molecule has 94 valence electrons. The Balaban J connectivity index is 2.08. The molecule has 1 heterocycles. The van der Waals surface area contributed by atoms with Crippen LogP contribution in [0.1, 0.15) is 11.4 Å². The normalized spacial score (nSPS) is 10.1. The highest BCUT2D eigenvalue weighted by Gasteiger charge is 2.10. The molecular formula is C11H13N5O2. The van der Waals surface area contributed by atoms with E-state index in [1.165, 1.54) is 0 Å². The van der Waals surface area contributed by atoms with Crippen LogP contribution in [0.4, 0.5) is 5.69 Å². The Hall–Kier alpha value is -2.44. The highest BCUT2D eigenvalue weighted by molar-refractivity contribution is 5.93. The van der Waals surface area contributed by atoms with Gasteiger partial charge < -0.3 is 10.1 Å². The molecule has 2 N–H and O–H groups in total. The Morgan fingerprint density at radius 1 is 1.50 bits per heavy atom. The van der Waals surface area contributed by atoms with Crippen LogP contribution in [0.2, 0.25) is 0 Å². The van der Waals surface area contributed by atoms with E-state index in [1.807, 2.05) is 19.1 Å². The van der Waals surface area contributed by atoms with Crippen LogP contribution >= 0.6 is 0 Å². The summed E-state index contributed by atoms with van der Waals surface area (Å²) in [7, 11) is 1.56. The van der Waals surface area contributed by atoms with E-state index in [2.05, 4.69) is 25.9 Å². The molecular weight excluding hydrogens is 234 g/mol. The van der Waals surface area contributed by atoms with Gasteiger partial charge in [0.25, 0.3) is 0 Å². The van der Waals surface area contributed by atoms with Crippen molar-refractivity contribution in [2.75, 3.05) is 12.4 Å². The predicted molar refractivity (Wildman–Crippen MR) is 64.2 cm³/mol. The van der Waals surface area contributed by atoms with E-state index in [0.29, 0.717) is 17.3 Å². The molecule has 0 fully saturated rings. The standard InChI is InChI=1S/C11H13N5O2/c1-7-3-4-9(18-2)8(5-7)12-11(17)6-10-13-15-16-14-10/h3-5H,6H2,1-2H3,(H,12,17)(H,13,14,15,16). The maximum atomic E-state index is 11.8. The number of nitrogens with zero attached hydrogens (tertiary/aromatic N) is 3. The number of nitrogens with one attached hydrogen (secondary N) is 2. The van der Waals surface area contributed by atoms with Crippen molar-refractivity contribution < 1.29 is 9.53 Å². The molecule has 0 spiro atoms. The molecule has 0 atom stereocenters. The topological polar surface area (TPSA) is 92.8 Å². The fourth-order valence-electron chi connectivity index (χ4n) is 1.51. The molecule has 0 aliphatic rings. The number of amides is 1. The first kappa shape index (κ1) is 12.0. The van der Waals surface area contributed by atoms with Gasteiger partial charge in [0.2, 0.25) is 5.91 Å². The van der Waals surface area contributed by atoms with Crippen LogP contribution in [0.25, 0.3) is 0 Å². The highest BCUT2D eigenvalue weighted by Crippen LogP contribution is 2.25. The Morgan fingerprint density at radius 3 is 3.00 bits per heavy atom. The minimum absolute atomic E-state index is 0.0631. The van der Waals surface area contributed by atoms with Crippen LogP contribution in [0.5, 0.6) is 5.75 Å². The molecule has 0 saturated heterocycles. The van der Waals surface area contributed by atoms with Gasteiger partial charge in [-0.15, -0.1) is 10.2 Å². The molecule has 0 bridgehead atoms. The molecule has 2 rings (SSSR count). The van der Waals surface area contributed by atoms with Gasteiger partial charge in [0.05, 0.1) is 19.2 Å². The van der Waals surface area contributed by atoms with Crippen LogP contribution in [0.15, 0.2) is 18.2 Å². The smallest absolute Gasteiger partial charge is 0.232 e. The molecule has 1 aromatic carbocycles. The number of carbonyl (C=O) groups is 1. The number of hydrogen-bond donors (Lipinski definition) is 2. The lowest BCUT2D eigenvalue weighted by molar-refractivity contribution is -0.115. The molecule has 7 nitrogen and oxygen atoms in total. The number of rotatable bonds is 4. The van der Waals surface area contributed by atoms with Gasteiger partial charge in [-0.3, -0.25) is 4.79 Å². The number of H-pyrrole nitrogens is 1. The number of hydrogen-bond acceptors (Lipinski definition) is 5. The van der Waals surface area contributed by atoms with Crippen molar-refractivity contribution in [2.24, 2.45) is 0 Å². The molecule has 0 unspecified atom stereocenters. The van der Waals surface area contributed by atoms with E-state index < -0.39 is 0 Å². The number of carbonyl (C=O) groups excluding carboxylic acids is 1. The summed E-state index contributed by atoms with van der Waals surface area (Å²) in [5, 5.41) is 15.9. The lowest BCUT2D eigenvalue weighted by Crippen LogP contribution is -2.16. The number of methoxy groups -OCH3 is 1. The third kappa shape index (κ3) is 2.82. The summed E-state index contributed by atoms with van der Waals surface area (Å²) in [4.78, 5) is 11.8. The van der Waals surface area contributed by atoms with Crippen LogP contribution in [0.3, 0.4) is 0 Å². The average molecular weight is 247 g/mol. The van der Waals surface area contributed by atoms with Gasteiger partial charge in [0.15, 0.2) is 5.82 Å². The third-order valence-electron chi connectivity index (χ3n) is 2.34. The number of aryl methyl sites for hydroxylation is 1. The Labute approximate surface area is 104 Å². The molecule has 2 aromatic rings. The summed E-state index contributed by atoms with van der Waals surface area (Å²) in [6.07, 6.45) is 0.0631. The van der Waals surface area contributed by atoms with Crippen LogP contribution < -0.4 is 10.1 Å². The fraction of sp³-hybridized carbons (Fsp3) is 0.273.